The van der Waals surface area contributed by atoms with Crippen molar-refractivity contribution in [2.24, 2.45) is 0 Å². The van der Waals surface area contributed by atoms with Gasteiger partial charge in [0, 0.05) is 27.9 Å². The van der Waals surface area contributed by atoms with Gasteiger partial charge in [-0.1, -0.05) is 146 Å². The molecule has 2 heteroatoms. The first-order valence-electron chi connectivity index (χ1n) is 16.6. The first-order chi connectivity index (χ1) is 23.8. The maximum Gasteiger partial charge on any atom is 0.0780 e. The van der Waals surface area contributed by atoms with Gasteiger partial charge in [0.25, 0.3) is 0 Å². The van der Waals surface area contributed by atoms with Crippen LogP contribution in [0.15, 0.2) is 170 Å². The molecular weight excluding hydrogens is 581 g/mol. The molecule has 0 amide bonds. The molecule has 0 saturated heterocycles. The molecular formula is C46H28N2. The fraction of sp³-hybridized carbons (Fsp3) is 0.0217. The zero-order valence-electron chi connectivity index (χ0n) is 26.1. The summed E-state index contributed by atoms with van der Waals surface area (Å²) in [4.78, 5) is 4.74. The third-order valence-corrected chi connectivity index (χ3v) is 10.8. The van der Waals surface area contributed by atoms with Gasteiger partial charge in [0.15, 0.2) is 0 Å². The van der Waals surface area contributed by atoms with Crippen LogP contribution in [0.5, 0.6) is 0 Å². The number of nitrogens with zero attached hydrogens (tertiary/aromatic N) is 2. The van der Waals surface area contributed by atoms with Crippen molar-refractivity contribution in [3.05, 3.63) is 192 Å². The highest BCUT2D eigenvalue weighted by molar-refractivity contribution is 6.13. The fourth-order valence-corrected chi connectivity index (χ4v) is 9.03. The molecule has 1 unspecified atom stereocenters. The number of rotatable bonds is 2. The predicted octanol–water partition coefficient (Wildman–Crippen LogP) is 11.3. The Kier molecular flexibility index (Phi) is 5.07. The van der Waals surface area contributed by atoms with E-state index in [-0.39, 0.29) is 0 Å². The molecule has 2 aromatic heterocycles. The highest BCUT2D eigenvalue weighted by atomic mass is 15.0. The molecule has 1 atom stereocenters. The second kappa shape index (κ2) is 9.40. The van der Waals surface area contributed by atoms with E-state index in [0.29, 0.717) is 0 Å². The van der Waals surface area contributed by atoms with E-state index in [0.717, 1.165) is 16.5 Å². The summed E-state index contributed by atoms with van der Waals surface area (Å²) < 4.78 is 2.51. The Morgan fingerprint density at radius 3 is 1.98 bits per heavy atom. The third-order valence-electron chi connectivity index (χ3n) is 10.8. The molecule has 2 nitrogen and oxygen atoms in total. The van der Waals surface area contributed by atoms with Crippen LogP contribution in [0, 0.1) is 0 Å². The molecule has 48 heavy (non-hydrogen) atoms. The summed E-state index contributed by atoms with van der Waals surface area (Å²) in [6.45, 7) is 0. The number of pyridine rings is 1. The fourth-order valence-electron chi connectivity index (χ4n) is 9.03. The Morgan fingerprint density at radius 1 is 0.438 bits per heavy atom. The molecule has 0 N–H and O–H groups in total. The van der Waals surface area contributed by atoms with E-state index in [4.69, 9.17) is 4.98 Å². The molecule has 2 aliphatic rings. The predicted molar refractivity (Wildman–Crippen MR) is 198 cm³/mol. The lowest BCUT2D eigenvalue weighted by atomic mass is 9.64. The average molecular weight is 609 g/mol. The molecule has 0 saturated carbocycles. The number of benzene rings is 7. The molecule has 3 heterocycles. The van der Waals surface area contributed by atoms with Crippen molar-refractivity contribution >= 4 is 32.7 Å². The Balaban J connectivity index is 1.23. The van der Waals surface area contributed by atoms with E-state index >= 15 is 0 Å². The zero-order chi connectivity index (χ0) is 31.4. The summed E-state index contributed by atoms with van der Waals surface area (Å²) in [6.07, 6.45) is 1.88. The van der Waals surface area contributed by atoms with Crippen LogP contribution in [0.25, 0.3) is 71.8 Å². The quantitative estimate of drug-likeness (QED) is 0.191. The minimum Gasteiger partial charge on any atom is -0.309 e. The molecule has 1 spiro atoms. The summed E-state index contributed by atoms with van der Waals surface area (Å²) in [5.41, 5.74) is 17.1. The van der Waals surface area contributed by atoms with E-state index < -0.39 is 5.41 Å². The van der Waals surface area contributed by atoms with Gasteiger partial charge in [0.2, 0.25) is 0 Å². The second-order valence-corrected chi connectivity index (χ2v) is 13.1. The molecule has 0 fully saturated rings. The van der Waals surface area contributed by atoms with Gasteiger partial charge in [-0.3, -0.25) is 4.98 Å². The van der Waals surface area contributed by atoms with Gasteiger partial charge in [0.1, 0.15) is 0 Å². The molecule has 11 rings (SSSR count). The molecule has 7 aromatic carbocycles. The summed E-state index contributed by atoms with van der Waals surface area (Å²) in [7, 11) is 0. The molecule has 222 valence electrons. The molecule has 9 aromatic rings. The van der Waals surface area contributed by atoms with E-state index in [1.165, 1.54) is 77.6 Å². The number of para-hydroxylation sites is 4. The zero-order valence-corrected chi connectivity index (χ0v) is 26.1. The van der Waals surface area contributed by atoms with Crippen LogP contribution >= 0.6 is 0 Å². The Bertz CT molecular complexity index is 2780. The van der Waals surface area contributed by atoms with Gasteiger partial charge in [-0.15, -0.1) is 0 Å². The Morgan fingerprint density at radius 2 is 1.06 bits per heavy atom. The standard InChI is InChI=1S/C46H28N2/c1-3-19-38-34(13-1)36-17-8-15-32(29-24-26-30(27-25-29)33-16-7-11-31-12-10-28-47-44(31)33)43(36)46(38)39-20-4-6-23-42(39)48-41-22-5-2-14-35(41)37-18-9-21-40(46)45(37)48/h1-28H. The maximum absolute atomic E-state index is 4.74. The van der Waals surface area contributed by atoms with Gasteiger partial charge in [-0.2, -0.15) is 0 Å². The number of fused-ring (bicyclic) bond motifs is 13. The van der Waals surface area contributed by atoms with Crippen molar-refractivity contribution in [1.82, 2.24) is 9.55 Å². The number of hydrogen-bond donors (Lipinski definition) is 0. The minimum absolute atomic E-state index is 0.485. The summed E-state index contributed by atoms with van der Waals surface area (Å²) in [5, 5.41) is 3.75. The number of aromatic nitrogens is 2. The van der Waals surface area contributed by atoms with Gasteiger partial charge < -0.3 is 4.57 Å². The summed E-state index contributed by atoms with van der Waals surface area (Å²) >= 11 is 0. The monoisotopic (exact) mass is 608 g/mol. The SMILES string of the molecule is c1ccc2c(c1)-c1cccc(-c3ccc(-c4cccc5cccnc45)cc3)c1C21c2ccccc2-n2c3ccccc3c3cccc1c32. The lowest BCUT2D eigenvalue weighted by Crippen LogP contribution is -2.34. The Hall–Kier alpha value is -6.25. The molecule has 0 bridgehead atoms. The first-order valence-corrected chi connectivity index (χ1v) is 16.6. The molecule has 1 aliphatic heterocycles. The molecule has 0 radical (unpaired) electrons. The average Bonchev–Trinajstić information content (AvgIpc) is 3.66. The lowest BCUT2D eigenvalue weighted by molar-refractivity contribution is 0.750. The largest absolute Gasteiger partial charge is 0.309 e. The van der Waals surface area contributed by atoms with E-state index in [9.17, 15) is 0 Å². The first kappa shape index (κ1) is 25.9. The Labute approximate surface area is 278 Å². The summed E-state index contributed by atoms with van der Waals surface area (Å²) in [5.74, 6) is 0. The third kappa shape index (κ3) is 3.15. The smallest absolute Gasteiger partial charge is 0.0780 e. The van der Waals surface area contributed by atoms with Crippen LogP contribution in [0.1, 0.15) is 22.3 Å². The van der Waals surface area contributed by atoms with Gasteiger partial charge in [-0.05, 0) is 68.3 Å². The van der Waals surface area contributed by atoms with E-state index in [2.05, 4.69) is 162 Å². The number of hydrogen-bond acceptors (Lipinski definition) is 1. The van der Waals surface area contributed by atoms with Gasteiger partial charge in [-0.25, -0.2) is 0 Å². The van der Waals surface area contributed by atoms with Crippen molar-refractivity contribution in [2.45, 2.75) is 5.41 Å². The van der Waals surface area contributed by atoms with Crippen LogP contribution in [-0.4, -0.2) is 9.55 Å². The van der Waals surface area contributed by atoms with E-state index in [1.807, 2.05) is 12.3 Å². The van der Waals surface area contributed by atoms with Crippen LogP contribution in [0.3, 0.4) is 0 Å². The maximum atomic E-state index is 4.74. The van der Waals surface area contributed by atoms with E-state index in [1.54, 1.807) is 0 Å². The van der Waals surface area contributed by atoms with Crippen LogP contribution in [0.4, 0.5) is 0 Å². The van der Waals surface area contributed by atoms with Crippen LogP contribution < -0.4 is 0 Å². The highest BCUT2D eigenvalue weighted by Crippen LogP contribution is 2.62. The summed E-state index contributed by atoms with van der Waals surface area (Å²) in [6, 6.07) is 60.6. The van der Waals surface area contributed by atoms with Crippen molar-refractivity contribution < 1.29 is 0 Å². The van der Waals surface area contributed by atoms with Gasteiger partial charge in [0.05, 0.1) is 27.7 Å². The lowest BCUT2D eigenvalue weighted by Gasteiger charge is -2.40. The highest BCUT2D eigenvalue weighted by Gasteiger charge is 2.51. The minimum atomic E-state index is -0.485. The van der Waals surface area contributed by atoms with Crippen molar-refractivity contribution in [1.29, 1.82) is 0 Å². The molecule has 1 aliphatic carbocycles. The van der Waals surface area contributed by atoms with Crippen molar-refractivity contribution in [3.8, 4) is 39.1 Å². The van der Waals surface area contributed by atoms with Crippen LogP contribution in [-0.2, 0) is 5.41 Å². The normalized spacial score (nSPS) is 15.6. The second-order valence-electron chi connectivity index (χ2n) is 13.1. The van der Waals surface area contributed by atoms with Crippen molar-refractivity contribution in [2.75, 3.05) is 0 Å². The van der Waals surface area contributed by atoms with Crippen molar-refractivity contribution in [3.63, 3.8) is 0 Å². The topological polar surface area (TPSA) is 17.8 Å². The van der Waals surface area contributed by atoms with Crippen LogP contribution in [0.2, 0.25) is 0 Å². The van der Waals surface area contributed by atoms with Gasteiger partial charge >= 0.3 is 0 Å².